The van der Waals surface area contributed by atoms with Crippen LogP contribution in [0, 0.1) is 0 Å². The van der Waals surface area contributed by atoms with Gasteiger partial charge in [0.15, 0.2) is 11.5 Å². The molecule has 2 aliphatic rings. The van der Waals surface area contributed by atoms with Gasteiger partial charge >= 0.3 is 0 Å². The summed E-state index contributed by atoms with van der Waals surface area (Å²) < 4.78 is 27.9. The largest absolute Gasteiger partial charge is 0.507 e. The minimum absolute atomic E-state index is 0.0146. The van der Waals surface area contributed by atoms with Crippen molar-refractivity contribution in [2.24, 2.45) is 0 Å². The van der Waals surface area contributed by atoms with Crippen molar-refractivity contribution in [3.8, 4) is 23.0 Å². The summed E-state index contributed by atoms with van der Waals surface area (Å²) >= 11 is 0. The molecule has 10 heteroatoms. The van der Waals surface area contributed by atoms with Crippen LogP contribution in [-0.2, 0) is 20.9 Å². The molecule has 2 saturated heterocycles. The predicted molar refractivity (Wildman–Crippen MR) is 160 cm³/mol. The molecule has 0 bridgehead atoms. The van der Waals surface area contributed by atoms with Crippen molar-refractivity contribution in [3.63, 3.8) is 0 Å². The van der Waals surface area contributed by atoms with E-state index in [-0.39, 0.29) is 17.9 Å². The monoisotopic (exact) mass is 588 g/mol. The van der Waals surface area contributed by atoms with Gasteiger partial charge in [0.2, 0.25) is 5.75 Å². The predicted octanol–water partition coefficient (Wildman–Crippen LogP) is 4.05. The van der Waals surface area contributed by atoms with Crippen LogP contribution in [0.1, 0.15) is 22.7 Å². The molecule has 226 valence electrons. The number of rotatable bonds is 11. The Bertz CT molecular complexity index is 1440. The summed E-state index contributed by atoms with van der Waals surface area (Å²) in [6.45, 7) is 3.90. The van der Waals surface area contributed by atoms with Crippen molar-refractivity contribution in [2.45, 2.75) is 12.6 Å². The highest BCUT2D eigenvalue weighted by molar-refractivity contribution is 6.46. The van der Waals surface area contributed by atoms with Crippen LogP contribution in [0.15, 0.2) is 72.3 Å². The number of aliphatic hydroxyl groups excluding tert-OH is 1. The van der Waals surface area contributed by atoms with Gasteiger partial charge in [-0.3, -0.25) is 14.5 Å². The highest BCUT2D eigenvalue weighted by atomic mass is 16.5. The number of ether oxygens (including phenoxy) is 5. The lowest BCUT2D eigenvalue weighted by molar-refractivity contribution is -0.140. The van der Waals surface area contributed by atoms with Gasteiger partial charge in [-0.05, 0) is 47.5 Å². The number of nitrogens with zero attached hydrogens (tertiary/aromatic N) is 2. The van der Waals surface area contributed by atoms with Crippen molar-refractivity contribution in [1.29, 1.82) is 0 Å². The van der Waals surface area contributed by atoms with Crippen LogP contribution in [0.3, 0.4) is 0 Å². The summed E-state index contributed by atoms with van der Waals surface area (Å²) in [4.78, 5) is 30.7. The first-order chi connectivity index (χ1) is 20.9. The minimum atomic E-state index is -0.885. The van der Waals surface area contributed by atoms with Gasteiger partial charge in [0.05, 0.1) is 46.2 Å². The molecule has 3 aromatic carbocycles. The number of Topliss-reactive ketones (excluding diaryl/α,β-unsaturated/α-hetero) is 1. The number of benzene rings is 3. The molecule has 10 nitrogen and oxygen atoms in total. The lowest BCUT2D eigenvalue weighted by Crippen LogP contribution is -2.42. The summed E-state index contributed by atoms with van der Waals surface area (Å²) in [6.07, 6.45) is 0. The van der Waals surface area contributed by atoms with Gasteiger partial charge in [0, 0.05) is 31.7 Å². The Morgan fingerprint density at radius 3 is 2.14 bits per heavy atom. The Hall–Kier alpha value is -4.54. The van der Waals surface area contributed by atoms with E-state index in [1.165, 1.54) is 26.2 Å². The van der Waals surface area contributed by atoms with Crippen LogP contribution in [0.5, 0.6) is 23.0 Å². The van der Waals surface area contributed by atoms with Crippen LogP contribution in [0.4, 0.5) is 0 Å². The van der Waals surface area contributed by atoms with E-state index in [1.807, 2.05) is 30.3 Å². The molecule has 0 spiro atoms. The quantitative estimate of drug-likeness (QED) is 0.202. The lowest BCUT2D eigenvalue weighted by atomic mass is 9.94. The standard InChI is InChI=1S/C33H36N2O8/c1-39-26-19-24(20-27(40-2)32(26)41-3)29-28(31(37)33(38)35(29)14-13-34-15-17-42-18-16-34)30(36)23-9-11-25(12-10-23)43-21-22-7-5-4-6-8-22/h4-12,19-20,29,36H,13-18,21H2,1-3H3/b30-28+. The third kappa shape index (κ3) is 6.45. The van der Waals surface area contributed by atoms with Gasteiger partial charge < -0.3 is 33.7 Å². The number of likely N-dealkylation sites (tertiary alicyclic amines) is 1. The molecular formula is C33H36N2O8. The van der Waals surface area contributed by atoms with E-state index in [9.17, 15) is 14.7 Å². The molecule has 1 unspecified atom stereocenters. The molecule has 0 aromatic heterocycles. The summed E-state index contributed by atoms with van der Waals surface area (Å²) in [5.74, 6) is 0.00307. The van der Waals surface area contributed by atoms with E-state index in [0.717, 1.165) is 18.7 Å². The van der Waals surface area contributed by atoms with E-state index >= 15 is 0 Å². The first-order valence-electron chi connectivity index (χ1n) is 14.1. The number of carbonyl (C=O) groups excluding carboxylic acids is 2. The molecule has 1 amide bonds. The second kappa shape index (κ2) is 13.6. The Balaban J connectivity index is 1.51. The highest BCUT2D eigenvalue weighted by Crippen LogP contribution is 2.45. The SMILES string of the molecule is COc1cc(C2/C(=C(\O)c3ccc(OCc4ccccc4)cc3)C(=O)C(=O)N2CCN2CCOCC2)cc(OC)c1OC. The summed E-state index contributed by atoms with van der Waals surface area (Å²) in [5, 5.41) is 11.6. The number of hydrogen-bond donors (Lipinski definition) is 1. The zero-order valence-corrected chi connectivity index (χ0v) is 24.6. The maximum Gasteiger partial charge on any atom is 0.295 e. The highest BCUT2D eigenvalue weighted by Gasteiger charge is 2.46. The topological polar surface area (TPSA) is 107 Å². The molecule has 2 heterocycles. The van der Waals surface area contributed by atoms with Crippen LogP contribution < -0.4 is 18.9 Å². The van der Waals surface area contributed by atoms with Crippen LogP contribution in [0.2, 0.25) is 0 Å². The number of aliphatic hydroxyl groups is 1. The zero-order chi connectivity index (χ0) is 30.3. The molecule has 0 radical (unpaired) electrons. The number of hydrogen-bond acceptors (Lipinski definition) is 9. The Kier molecular flexibility index (Phi) is 9.48. The average molecular weight is 589 g/mol. The Labute approximate surface area is 251 Å². The Morgan fingerprint density at radius 1 is 0.884 bits per heavy atom. The second-order valence-corrected chi connectivity index (χ2v) is 10.2. The fraction of sp³-hybridized carbons (Fsp3) is 0.333. The van der Waals surface area contributed by atoms with Crippen molar-refractivity contribution in [1.82, 2.24) is 9.80 Å². The zero-order valence-electron chi connectivity index (χ0n) is 24.6. The molecule has 43 heavy (non-hydrogen) atoms. The maximum atomic E-state index is 13.6. The van der Waals surface area contributed by atoms with Gasteiger partial charge in [0.1, 0.15) is 18.1 Å². The van der Waals surface area contributed by atoms with Crippen molar-refractivity contribution >= 4 is 17.4 Å². The van der Waals surface area contributed by atoms with E-state index < -0.39 is 17.7 Å². The molecule has 1 atom stereocenters. The molecule has 5 rings (SSSR count). The van der Waals surface area contributed by atoms with Crippen LogP contribution in [-0.4, -0.2) is 87.3 Å². The van der Waals surface area contributed by atoms with Crippen molar-refractivity contribution < 1.29 is 38.4 Å². The number of methoxy groups -OCH3 is 3. The smallest absolute Gasteiger partial charge is 0.295 e. The first-order valence-corrected chi connectivity index (χ1v) is 14.1. The molecule has 0 aliphatic carbocycles. The van der Waals surface area contributed by atoms with E-state index in [4.69, 9.17) is 23.7 Å². The third-order valence-electron chi connectivity index (χ3n) is 7.68. The summed E-state index contributed by atoms with van der Waals surface area (Å²) in [7, 11) is 4.50. The third-order valence-corrected chi connectivity index (χ3v) is 7.68. The maximum absolute atomic E-state index is 13.6. The number of morpholine rings is 1. The van der Waals surface area contributed by atoms with Gasteiger partial charge in [0.25, 0.3) is 11.7 Å². The number of ketones is 1. The van der Waals surface area contributed by atoms with Crippen LogP contribution in [0.25, 0.3) is 5.76 Å². The van der Waals surface area contributed by atoms with E-state index in [2.05, 4.69) is 4.90 Å². The molecule has 3 aromatic rings. The summed E-state index contributed by atoms with van der Waals surface area (Å²) in [5.41, 5.74) is 1.94. The van der Waals surface area contributed by atoms with Gasteiger partial charge in [-0.1, -0.05) is 30.3 Å². The fourth-order valence-electron chi connectivity index (χ4n) is 5.40. The van der Waals surface area contributed by atoms with Gasteiger partial charge in [-0.2, -0.15) is 0 Å². The minimum Gasteiger partial charge on any atom is -0.507 e. The Morgan fingerprint density at radius 2 is 1.53 bits per heavy atom. The fourth-order valence-corrected chi connectivity index (χ4v) is 5.40. The normalized spacial score (nSPS) is 18.5. The van der Waals surface area contributed by atoms with Gasteiger partial charge in [-0.25, -0.2) is 0 Å². The van der Waals surface area contributed by atoms with Crippen LogP contribution >= 0.6 is 0 Å². The van der Waals surface area contributed by atoms with E-state index in [0.29, 0.717) is 60.5 Å². The second-order valence-electron chi connectivity index (χ2n) is 10.2. The van der Waals surface area contributed by atoms with Gasteiger partial charge in [-0.15, -0.1) is 0 Å². The number of amides is 1. The average Bonchev–Trinajstić information content (AvgIpc) is 3.31. The van der Waals surface area contributed by atoms with E-state index in [1.54, 1.807) is 36.4 Å². The van der Waals surface area contributed by atoms with Crippen molar-refractivity contribution in [3.05, 3.63) is 89.0 Å². The lowest BCUT2D eigenvalue weighted by Gasteiger charge is -2.31. The molecular weight excluding hydrogens is 552 g/mol. The van der Waals surface area contributed by atoms with Crippen molar-refractivity contribution in [2.75, 3.05) is 60.7 Å². The molecule has 0 saturated carbocycles. The summed E-state index contributed by atoms with van der Waals surface area (Å²) in [6, 6.07) is 19.1. The molecule has 2 aliphatic heterocycles. The molecule has 2 fully saturated rings. The molecule has 1 N–H and O–H groups in total. The number of carbonyl (C=O) groups is 2. The first kappa shape index (κ1) is 29.9.